The van der Waals surface area contributed by atoms with E-state index in [1.54, 1.807) is 31.2 Å². The van der Waals surface area contributed by atoms with Gasteiger partial charge in [-0.25, -0.2) is 4.98 Å². The largest absolute Gasteiger partial charge is 0.358 e. The van der Waals surface area contributed by atoms with Crippen LogP contribution in [0.4, 0.5) is 0 Å². The van der Waals surface area contributed by atoms with Gasteiger partial charge in [-0.1, -0.05) is 48.0 Å². The fourth-order valence-corrected chi connectivity index (χ4v) is 5.81. The summed E-state index contributed by atoms with van der Waals surface area (Å²) >= 11 is 0. The molecule has 0 radical (unpaired) electrons. The topological polar surface area (TPSA) is 72.4 Å². The Bertz CT molecular complexity index is 1230. The van der Waals surface area contributed by atoms with Gasteiger partial charge in [0.2, 0.25) is 5.88 Å². The van der Waals surface area contributed by atoms with Gasteiger partial charge in [0.05, 0.1) is 11.7 Å². The second-order valence-electron chi connectivity index (χ2n) is 8.75. The van der Waals surface area contributed by atoms with E-state index < -0.39 is 10.1 Å². The van der Waals surface area contributed by atoms with Crippen LogP contribution in [0.5, 0.6) is 5.88 Å². The summed E-state index contributed by atoms with van der Waals surface area (Å²) in [6.45, 7) is 4.57. The lowest BCUT2D eigenvalue weighted by atomic mass is 9.82. The maximum absolute atomic E-state index is 13.0. The van der Waals surface area contributed by atoms with Gasteiger partial charge in [-0.3, -0.25) is 4.90 Å². The van der Waals surface area contributed by atoms with Crippen molar-refractivity contribution in [1.29, 1.82) is 0 Å². The highest BCUT2D eigenvalue weighted by atomic mass is 32.2. The Kier molecular flexibility index (Phi) is 5.47. The Morgan fingerprint density at radius 2 is 1.75 bits per heavy atom. The van der Waals surface area contributed by atoms with Crippen molar-refractivity contribution < 1.29 is 12.6 Å². The molecule has 2 aromatic carbocycles. The van der Waals surface area contributed by atoms with E-state index in [4.69, 9.17) is 9.17 Å². The third-order valence-corrected chi connectivity index (χ3v) is 7.69. The molecule has 0 aliphatic carbocycles. The molecular formula is C25H27N3O3S. The molecule has 2 aliphatic rings. The van der Waals surface area contributed by atoms with Crippen LogP contribution in [0.1, 0.15) is 53.5 Å². The van der Waals surface area contributed by atoms with Crippen LogP contribution in [-0.4, -0.2) is 29.3 Å². The monoisotopic (exact) mass is 449 g/mol. The zero-order chi connectivity index (χ0) is 22.3. The lowest BCUT2D eigenvalue weighted by Gasteiger charge is -2.46. The van der Waals surface area contributed by atoms with Crippen molar-refractivity contribution in [2.45, 2.75) is 63.1 Å². The molecule has 0 saturated carbocycles. The Morgan fingerprint density at radius 3 is 2.50 bits per heavy atom. The van der Waals surface area contributed by atoms with E-state index in [1.807, 2.05) is 13.0 Å². The second kappa shape index (κ2) is 8.30. The van der Waals surface area contributed by atoms with Crippen molar-refractivity contribution in [2.24, 2.45) is 0 Å². The minimum Gasteiger partial charge on any atom is -0.358 e. The SMILES string of the molecule is Cc1ccc(S(=O)(=O)Oc2nc(C)nc3c2CC2CCCC3N2Cc2ccccc2)cc1. The summed E-state index contributed by atoms with van der Waals surface area (Å²) in [6.07, 6.45) is 3.90. The molecule has 7 heteroatoms. The lowest BCUT2D eigenvalue weighted by molar-refractivity contribution is 0.0570. The first-order valence-corrected chi connectivity index (χ1v) is 12.5. The zero-order valence-electron chi connectivity index (χ0n) is 18.4. The third-order valence-electron chi connectivity index (χ3n) is 6.46. The van der Waals surface area contributed by atoms with E-state index >= 15 is 0 Å². The standard InChI is InChI=1S/C25H27N3O3S/c1-17-11-13-21(14-12-17)32(29,30)31-25-22-15-20-9-6-10-23(24(22)26-18(2)27-25)28(20)16-19-7-4-3-5-8-19/h3-5,7-8,11-14,20,23H,6,9-10,15-16H2,1-2H3. The van der Waals surface area contributed by atoms with E-state index in [-0.39, 0.29) is 16.8 Å². The molecule has 1 aromatic heterocycles. The summed E-state index contributed by atoms with van der Waals surface area (Å²) in [7, 11) is -3.97. The molecule has 1 fully saturated rings. The van der Waals surface area contributed by atoms with Crippen LogP contribution in [0.2, 0.25) is 0 Å². The van der Waals surface area contributed by atoms with Crippen molar-refractivity contribution in [3.63, 3.8) is 0 Å². The van der Waals surface area contributed by atoms with Gasteiger partial charge in [0, 0.05) is 18.2 Å². The van der Waals surface area contributed by atoms with Gasteiger partial charge in [0.25, 0.3) is 0 Å². The minimum atomic E-state index is -3.97. The summed E-state index contributed by atoms with van der Waals surface area (Å²) in [5.41, 5.74) is 4.02. The highest BCUT2D eigenvalue weighted by Gasteiger charge is 2.40. The second-order valence-corrected chi connectivity index (χ2v) is 10.3. The molecule has 2 atom stereocenters. The highest BCUT2D eigenvalue weighted by Crippen LogP contribution is 2.44. The van der Waals surface area contributed by atoms with Gasteiger partial charge < -0.3 is 4.18 Å². The van der Waals surface area contributed by atoms with Gasteiger partial charge >= 0.3 is 10.1 Å². The van der Waals surface area contributed by atoms with E-state index in [0.717, 1.165) is 42.6 Å². The average Bonchev–Trinajstić information content (AvgIpc) is 2.76. The van der Waals surface area contributed by atoms with E-state index in [2.05, 4.69) is 34.1 Å². The lowest BCUT2D eigenvalue weighted by Crippen LogP contribution is -2.47. The number of aryl methyl sites for hydroxylation is 2. The van der Waals surface area contributed by atoms with Crippen LogP contribution >= 0.6 is 0 Å². The fraction of sp³-hybridized carbons (Fsp3) is 0.360. The van der Waals surface area contributed by atoms with Gasteiger partial charge in [-0.05, 0) is 57.2 Å². The molecule has 0 amide bonds. The first-order valence-electron chi connectivity index (χ1n) is 11.1. The van der Waals surface area contributed by atoms with Gasteiger partial charge in [-0.2, -0.15) is 13.4 Å². The van der Waals surface area contributed by atoms with E-state index in [1.165, 1.54) is 5.56 Å². The van der Waals surface area contributed by atoms with Gasteiger partial charge in [-0.15, -0.1) is 0 Å². The van der Waals surface area contributed by atoms with Crippen LogP contribution in [0.15, 0.2) is 59.5 Å². The van der Waals surface area contributed by atoms with Crippen molar-refractivity contribution in [2.75, 3.05) is 0 Å². The minimum absolute atomic E-state index is 0.134. The van der Waals surface area contributed by atoms with Crippen molar-refractivity contribution in [3.05, 3.63) is 82.8 Å². The fourth-order valence-electron chi connectivity index (χ4n) is 4.90. The van der Waals surface area contributed by atoms with E-state index in [9.17, 15) is 8.42 Å². The molecule has 0 N–H and O–H groups in total. The van der Waals surface area contributed by atoms with Gasteiger partial charge in [0.15, 0.2) is 0 Å². The molecule has 32 heavy (non-hydrogen) atoms. The molecule has 6 nitrogen and oxygen atoms in total. The summed E-state index contributed by atoms with van der Waals surface area (Å²) in [4.78, 5) is 11.8. The van der Waals surface area contributed by atoms with Crippen molar-refractivity contribution >= 4 is 10.1 Å². The molecule has 2 bridgehead atoms. The highest BCUT2D eigenvalue weighted by molar-refractivity contribution is 7.87. The maximum atomic E-state index is 13.0. The molecule has 0 spiro atoms. The average molecular weight is 450 g/mol. The predicted molar refractivity (Wildman–Crippen MR) is 122 cm³/mol. The number of piperidine rings is 1. The summed E-state index contributed by atoms with van der Waals surface area (Å²) < 4.78 is 31.6. The third kappa shape index (κ3) is 4.02. The number of hydrogen-bond donors (Lipinski definition) is 0. The first kappa shape index (κ1) is 21.1. The van der Waals surface area contributed by atoms with E-state index in [0.29, 0.717) is 18.3 Å². The zero-order valence-corrected chi connectivity index (χ0v) is 19.2. The Labute approximate surface area is 189 Å². The number of hydrogen-bond acceptors (Lipinski definition) is 6. The van der Waals surface area contributed by atoms with Crippen molar-refractivity contribution in [1.82, 2.24) is 14.9 Å². The molecule has 1 saturated heterocycles. The Morgan fingerprint density at radius 1 is 1.00 bits per heavy atom. The van der Waals surface area contributed by atoms with Crippen LogP contribution in [0.25, 0.3) is 0 Å². The molecule has 3 heterocycles. The normalized spacial score (nSPS) is 20.6. The summed E-state index contributed by atoms with van der Waals surface area (Å²) in [5, 5.41) is 0. The molecule has 2 unspecified atom stereocenters. The van der Waals surface area contributed by atoms with Crippen LogP contribution in [0.3, 0.4) is 0 Å². The van der Waals surface area contributed by atoms with Crippen LogP contribution in [-0.2, 0) is 23.1 Å². The Hall–Kier alpha value is -2.77. The number of rotatable bonds is 5. The summed E-state index contributed by atoms with van der Waals surface area (Å²) in [5.74, 6) is 0.714. The molecule has 2 aliphatic heterocycles. The van der Waals surface area contributed by atoms with Crippen molar-refractivity contribution in [3.8, 4) is 5.88 Å². The quantitative estimate of drug-likeness (QED) is 0.534. The first-order chi connectivity index (χ1) is 15.4. The molecule has 166 valence electrons. The number of fused-ring (bicyclic) bond motifs is 4. The molecular weight excluding hydrogens is 422 g/mol. The predicted octanol–water partition coefficient (Wildman–Crippen LogP) is 4.51. The molecule has 3 aromatic rings. The Balaban J connectivity index is 1.50. The number of nitrogens with zero attached hydrogens (tertiary/aromatic N) is 3. The molecule has 5 rings (SSSR count). The smallest absolute Gasteiger partial charge is 0.340 e. The van der Waals surface area contributed by atoms with Crippen LogP contribution in [0, 0.1) is 13.8 Å². The number of aromatic nitrogens is 2. The maximum Gasteiger partial charge on any atom is 0.340 e. The van der Waals surface area contributed by atoms with Crippen LogP contribution < -0.4 is 4.18 Å². The van der Waals surface area contributed by atoms with Gasteiger partial charge in [0.1, 0.15) is 10.7 Å². The summed E-state index contributed by atoms with van der Waals surface area (Å²) in [6, 6.07) is 17.6. The number of benzene rings is 2.